The molecule has 2 aromatic rings. The van der Waals surface area contributed by atoms with Crippen molar-refractivity contribution >= 4 is 21.6 Å². The average Bonchev–Trinajstić information content (AvgIpc) is 2.68. The fourth-order valence-electron chi connectivity index (χ4n) is 1.88. The van der Waals surface area contributed by atoms with E-state index < -0.39 is 0 Å². The highest BCUT2D eigenvalue weighted by Gasteiger charge is 2.10. The zero-order valence-corrected chi connectivity index (χ0v) is 11.8. The fraction of sp³-hybridized carbons (Fsp3) is 0.308. The topological polar surface area (TPSA) is 29.9 Å². The molecule has 0 aliphatic carbocycles. The molecular weight excluding hydrogens is 278 g/mol. The first-order valence-electron chi connectivity index (χ1n) is 5.58. The zero-order valence-electron chi connectivity index (χ0n) is 10.2. The maximum absolute atomic E-state index is 4.35. The normalized spacial score (nSPS) is 12.5. The van der Waals surface area contributed by atoms with Crippen LogP contribution in [0.3, 0.4) is 0 Å². The third-order valence-corrected chi connectivity index (χ3v) is 3.30. The number of imidazole rings is 1. The molecule has 17 heavy (non-hydrogen) atoms. The molecule has 1 unspecified atom stereocenters. The number of aromatic nitrogens is 2. The fourth-order valence-corrected chi connectivity index (χ4v) is 2.36. The molecule has 0 amide bonds. The minimum atomic E-state index is 0.190. The van der Waals surface area contributed by atoms with Crippen molar-refractivity contribution in [2.24, 2.45) is 7.05 Å². The lowest BCUT2D eigenvalue weighted by Crippen LogP contribution is -2.12. The number of benzene rings is 1. The number of rotatable bonds is 3. The van der Waals surface area contributed by atoms with Crippen LogP contribution in [0.5, 0.6) is 0 Å². The Morgan fingerprint density at radius 1 is 1.41 bits per heavy atom. The van der Waals surface area contributed by atoms with Gasteiger partial charge in [0.05, 0.1) is 6.04 Å². The number of anilines is 1. The van der Waals surface area contributed by atoms with E-state index in [2.05, 4.69) is 52.2 Å². The van der Waals surface area contributed by atoms with Crippen molar-refractivity contribution in [2.75, 3.05) is 5.32 Å². The lowest BCUT2D eigenvalue weighted by atomic mass is 10.2. The van der Waals surface area contributed by atoms with Gasteiger partial charge in [0.15, 0.2) is 0 Å². The summed E-state index contributed by atoms with van der Waals surface area (Å²) in [5.74, 6) is 1.03. The van der Waals surface area contributed by atoms with Gasteiger partial charge in [-0.2, -0.15) is 0 Å². The number of nitrogens with zero attached hydrogens (tertiary/aromatic N) is 2. The molecular formula is C13H16BrN3. The Kier molecular flexibility index (Phi) is 3.52. The SMILES string of the molecule is Cc1cc(Br)ccc1NC(C)c1nccn1C. The minimum Gasteiger partial charge on any atom is -0.375 e. The first kappa shape index (κ1) is 12.2. The molecule has 0 bridgehead atoms. The van der Waals surface area contributed by atoms with Crippen LogP contribution in [0.1, 0.15) is 24.4 Å². The van der Waals surface area contributed by atoms with Crippen LogP contribution in [0.4, 0.5) is 5.69 Å². The maximum atomic E-state index is 4.35. The molecule has 0 spiro atoms. The Balaban J connectivity index is 2.19. The molecule has 0 aliphatic heterocycles. The average molecular weight is 294 g/mol. The molecule has 2 rings (SSSR count). The van der Waals surface area contributed by atoms with E-state index in [0.29, 0.717) is 0 Å². The van der Waals surface area contributed by atoms with Crippen LogP contribution in [-0.4, -0.2) is 9.55 Å². The summed E-state index contributed by atoms with van der Waals surface area (Å²) in [6, 6.07) is 6.42. The zero-order chi connectivity index (χ0) is 12.4. The minimum absolute atomic E-state index is 0.190. The Morgan fingerprint density at radius 3 is 2.76 bits per heavy atom. The standard InChI is InChI=1S/C13H16BrN3/c1-9-8-11(14)4-5-12(9)16-10(2)13-15-6-7-17(13)3/h4-8,10,16H,1-3H3. The van der Waals surface area contributed by atoms with Gasteiger partial charge in [-0.15, -0.1) is 0 Å². The van der Waals surface area contributed by atoms with Crippen molar-refractivity contribution in [1.29, 1.82) is 0 Å². The third-order valence-electron chi connectivity index (χ3n) is 2.81. The molecule has 0 aliphatic rings. The molecule has 1 atom stereocenters. The number of nitrogens with one attached hydrogen (secondary N) is 1. The highest BCUT2D eigenvalue weighted by molar-refractivity contribution is 9.10. The molecule has 1 N–H and O–H groups in total. The first-order valence-corrected chi connectivity index (χ1v) is 6.37. The molecule has 90 valence electrons. The Hall–Kier alpha value is -1.29. The summed E-state index contributed by atoms with van der Waals surface area (Å²) in [4.78, 5) is 4.35. The lowest BCUT2D eigenvalue weighted by molar-refractivity contribution is 0.721. The lowest BCUT2D eigenvalue weighted by Gasteiger charge is -2.17. The van der Waals surface area contributed by atoms with E-state index in [9.17, 15) is 0 Å². The van der Waals surface area contributed by atoms with Crippen LogP contribution in [0.25, 0.3) is 0 Å². The summed E-state index contributed by atoms with van der Waals surface area (Å²) in [6.07, 6.45) is 3.78. The number of halogens is 1. The monoisotopic (exact) mass is 293 g/mol. The smallest absolute Gasteiger partial charge is 0.130 e. The van der Waals surface area contributed by atoms with E-state index in [1.54, 1.807) is 0 Å². The quantitative estimate of drug-likeness (QED) is 0.936. The summed E-state index contributed by atoms with van der Waals surface area (Å²) < 4.78 is 3.14. The molecule has 1 aromatic carbocycles. The first-order chi connectivity index (χ1) is 8.08. The van der Waals surface area contributed by atoms with Crippen molar-refractivity contribution < 1.29 is 0 Å². The van der Waals surface area contributed by atoms with E-state index in [0.717, 1.165) is 16.0 Å². The van der Waals surface area contributed by atoms with Crippen molar-refractivity contribution in [2.45, 2.75) is 19.9 Å². The predicted molar refractivity (Wildman–Crippen MR) is 74.1 cm³/mol. The molecule has 0 saturated heterocycles. The Morgan fingerprint density at radius 2 is 2.18 bits per heavy atom. The van der Waals surface area contributed by atoms with Gasteiger partial charge in [-0.1, -0.05) is 15.9 Å². The summed E-state index contributed by atoms with van der Waals surface area (Å²) in [5.41, 5.74) is 2.36. The molecule has 0 fully saturated rings. The van der Waals surface area contributed by atoms with Gasteiger partial charge in [0, 0.05) is 29.6 Å². The van der Waals surface area contributed by atoms with Crippen molar-refractivity contribution in [3.8, 4) is 0 Å². The van der Waals surface area contributed by atoms with Crippen LogP contribution in [0.15, 0.2) is 35.1 Å². The van der Waals surface area contributed by atoms with E-state index >= 15 is 0 Å². The van der Waals surface area contributed by atoms with E-state index in [1.807, 2.05) is 30.1 Å². The second kappa shape index (κ2) is 4.92. The summed E-state index contributed by atoms with van der Waals surface area (Å²) in [6.45, 7) is 4.21. The van der Waals surface area contributed by atoms with Crippen LogP contribution < -0.4 is 5.32 Å². The van der Waals surface area contributed by atoms with Gasteiger partial charge < -0.3 is 9.88 Å². The highest BCUT2D eigenvalue weighted by Crippen LogP contribution is 2.23. The molecule has 1 aromatic heterocycles. The van der Waals surface area contributed by atoms with Gasteiger partial charge in [-0.05, 0) is 37.6 Å². The van der Waals surface area contributed by atoms with Crippen molar-refractivity contribution in [1.82, 2.24) is 9.55 Å². The summed E-state index contributed by atoms with van der Waals surface area (Å²) in [7, 11) is 2.01. The van der Waals surface area contributed by atoms with Gasteiger partial charge in [0.25, 0.3) is 0 Å². The van der Waals surface area contributed by atoms with E-state index in [-0.39, 0.29) is 6.04 Å². The van der Waals surface area contributed by atoms with E-state index in [4.69, 9.17) is 0 Å². The van der Waals surface area contributed by atoms with Gasteiger partial charge in [0.1, 0.15) is 5.82 Å². The molecule has 0 radical (unpaired) electrons. The second-order valence-electron chi connectivity index (χ2n) is 4.22. The summed E-state index contributed by atoms with van der Waals surface area (Å²) >= 11 is 3.47. The highest BCUT2D eigenvalue weighted by atomic mass is 79.9. The van der Waals surface area contributed by atoms with Crippen molar-refractivity contribution in [3.63, 3.8) is 0 Å². The van der Waals surface area contributed by atoms with Crippen LogP contribution in [0.2, 0.25) is 0 Å². The molecule has 3 nitrogen and oxygen atoms in total. The largest absolute Gasteiger partial charge is 0.375 e. The van der Waals surface area contributed by atoms with Gasteiger partial charge >= 0.3 is 0 Å². The summed E-state index contributed by atoms with van der Waals surface area (Å²) in [5, 5.41) is 3.48. The second-order valence-corrected chi connectivity index (χ2v) is 5.14. The van der Waals surface area contributed by atoms with Gasteiger partial charge in [-0.3, -0.25) is 0 Å². The number of aryl methyl sites for hydroxylation is 2. The Bertz CT molecular complexity index is 519. The molecule has 1 heterocycles. The van der Waals surface area contributed by atoms with Crippen molar-refractivity contribution in [3.05, 3.63) is 46.5 Å². The van der Waals surface area contributed by atoms with E-state index in [1.165, 1.54) is 5.56 Å². The number of hydrogen-bond acceptors (Lipinski definition) is 2. The predicted octanol–water partition coefficient (Wildman–Crippen LogP) is 3.66. The van der Waals surface area contributed by atoms with Gasteiger partial charge in [0.2, 0.25) is 0 Å². The molecule has 0 saturated carbocycles. The van der Waals surface area contributed by atoms with Crippen LogP contribution >= 0.6 is 15.9 Å². The molecule has 4 heteroatoms. The van der Waals surface area contributed by atoms with Crippen LogP contribution in [-0.2, 0) is 7.05 Å². The van der Waals surface area contributed by atoms with Gasteiger partial charge in [-0.25, -0.2) is 4.98 Å². The Labute approximate surface area is 110 Å². The third kappa shape index (κ3) is 2.69. The number of hydrogen-bond donors (Lipinski definition) is 1. The van der Waals surface area contributed by atoms with Crippen LogP contribution in [0, 0.1) is 6.92 Å². The maximum Gasteiger partial charge on any atom is 0.130 e.